The van der Waals surface area contributed by atoms with Crippen molar-refractivity contribution in [2.45, 2.75) is 12.5 Å². The van der Waals surface area contributed by atoms with Crippen LogP contribution in [-0.4, -0.2) is 43.1 Å². The zero-order valence-electron chi connectivity index (χ0n) is 13.4. The minimum Gasteiger partial charge on any atom is -0.368 e. The number of carbonyl (C=O) groups is 1. The summed E-state index contributed by atoms with van der Waals surface area (Å²) in [6.07, 6.45) is 4.28. The maximum absolute atomic E-state index is 13.0. The molecule has 1 aromatic heterocycles. The Kier molecular flexibility index (Phi) is 5.38. The Bertz CT molecular complexity index is 662. The number of nitrogens with one attached hydrogen (secondary N) is 2. The fraction of sp³-hybridized carbons (Fsp3) is 0.333. The number of piperazine rings is 1. The van der Waals surface area contributed by atoms with Crippen LogP contribution in [0.3, 0.4) is 0 Å². The van der Waals surface area contributed by atoms with E-state index in [1.54, 1.807) is 24.5 Å². The van der Waals surface area contributed by atoms with E-state index in [-0.39, 0.29) is 17.8 Å². The minimum atomic E-state index is -0.263. The van der Waals surface area contributed by atoms with E-state index in [1.807, 2.05) is 12.1 Å². The number of benzene rings is 1. The second kappa shape index (κ2) is 7.88. The summed E-state index contributed by atoms with van der Waals surface area (Å²) in [7, 11) is 0. The summed E-state index contributed by atoms with van der Waals surface area (Å²) in [4.78, 5) is 18.4. The molecule has 2 N–H and O–H groups in total. The third-order valence-electron chi connectivity index (χ3n) is 4.15. The number of halogens is 1. The number of carbonyl (C=O) groups excluding carboxylic acids is 1. The van der Waals surface area contributed by atoms with E-state index >= 15 is 0 Å². The number of anilines is 1. The van der Waals surface area contributed by atoms with Crippen LogP contribution in [0, 0.1) is 5.82 Å². The van der Waals surface area contributed by atoms with Crippen molar-refractivity contribution in [2.24, 2.45) is 0 Å². The highest BCUT2D eigenvalue weighted by molar-refractivity contribution is 5.82. The van der Waals surface area contributed by atoms with Crippen molar-refractivity contribution in [1.29, 1.82) is 0 Å². The van der Waals surface area contributed by atoms with Crippen molar-refractivity contribution in [1.82, 2.24) is 15.6 Å². The van der Waals surface area contributed by atoms with Gasteiger partial charge in [0.15, 0.2) is 0 Å². The number of amides is 1. The van der Waals surface area contributed by atoms with Crippen LogP contribution in [0.1, 0.15) is 5.56 Å². The van der Waals surface area contributed by atoms with Gasteiger partial charge in [-0.05, 0) is 48.4 Å². The molecule has 6 heteroatoms. The molecule has 1 atom stereocenters. The summed E-state index contributed by atoms with van der Waals surface area (Å²) in [6, 6.07) is 10.0. The average molecular weight is 328 g/mol. The zero-order valence-corrected chi connectivity index (χ0v) is 13.4. The highest BCUT2D eigenvalue weighted by Crippen LogP contribution is 2.16. The van der Waals surface area contributed by atoms with Crippen LogP contribution in [0.15, 0.2) is 48.8 Å². The van der Waals surface area contributed by atoms with Gasteiger partial charge in [0, 0.05) is 44.3 Å². The first-order chi connectivity index (χ1) is 11.7. The molecule has 1 amide bonds. The number of aromatic nitrogens is 1. The predicted octanol–water partition coefficient (Wildman–Crippen LogP) is 1.36. The van der Waals surface area contributed by atoms with Crippen LogP contribution in [0.25, 0.3) is 0 Å². The largest absolute Gasteiger partial charge is 0.368 e. The van der Waals surface area contributed by atoms with Gasteiger partial charge in [0.2, 0.25) is 5.91 Å². The van der Waals surface area contributed by atoms with Gasteiger partial charge in [-0.25, -0.2) is 4.39 Å². The Hall–Kier alpha value is -2.47. The van der Waals surface area contributed by atoms with Gasteiger partial charge >= 0.3 is 0 Å². The van der Waals surface area contributed by atoms with E-state index in [9.17, 15) is 9.18 Å². The van der Waals surface area contributed by atoms with Crippen molar-refractivity contribution in [2.75, 3.05) is 31.1 Å². The Morgan fingerprint density at radius 1 is 1.25 bits per heavy atom. The normalized spacial score (nSPS) is 17.5. The Labute approximate surface area is 140 Å². The lowest BCUT2D eigenvalue weighted by atomic mass is 10.1. The van der Waals surface area contributed by atoms with Gasteiger partial charge in [0.05, 0.1) is 0 Å². The molecule has 126 valence electrons. The summed E-state index contributed by atoms with van der Waals surface area (Å²) in [5.41, 5.74) is 2.09. The van der Waals surface area contributed by atoms with Crippen molar-refractivity contribution < 1.29 is 9.18 Å². The fourth-order valence-corrected chi connectivity index (χ4v) is 2.81. The lowest BCUT2D eigenvalue weighted by Gasteiger charge is -2.34. The van der Waals surface area contributed by atoms with E-state index in [0.29, 0.717) is 13.1 Å². The zero-order chi connectivity index (χ0) is 16.8. The molecule has 1 aliphatic rings. The number of nitrogens with zero attached hydrogens (tertiary/aromatic N) is 2. The molecule has 2 heterocycles. The van der Waals surface area contributed by atoms with Crippen molar-refractivity contribution >= 4 is 11.6 Å². The van der Waals surface area contributed by atoms with Gasteiger partial charge in [0.25, 0.3) is 0 Å². The molecule has 0 aliphatic carbocycles. The summed E-state index contributed by atoms with van der Waals surface area (Å²) < 4.78 is 13.0. The monoisotopic (exact) mass is 328 g/mol. The summed E-state index contributed by atoms with van der Waals surface area (Å²) in [6.45, 7) is 2.69. The van der Waals surface area contributed by atoms with E-state index in [0.717, 1.165) is 30.8 Å². The molecule has 5 nitrogen and oxygen atoms in total. The topological polar surface area (TPSA) is 57.3 Å². The van der Waals surface area contributed by atoms with E-state index in [4.69, 9.17) is 0 Å². The molecule has 1 aromatic carbocycles. The molecule has 0 unspecified atom stereocenters. The third kappa shape index (κ3) is 4.29. The van der Waals surface area contributed by atoms with Crippen molar-refractivity contribution in [3.63, 3.8) is 0 Å². The second-order valence-corrected chi connectivity index (χ2v) is 5.83. The molecular weight excluding hydrogens is 307 g/mol. The molecule has 0 bridgehead atoms. The second-order valence-electron chi connectivity index (χ2n) is 5.83. The van der Waals surface area contributed by atoms with Gasteiger partial charge in [-0.1, -0.05) is 0 Å². The van der Waals surface area contributed by atoms with Crippen LogP contribution >= 0.6 is 0 Å². The van der Waals surface area contributed by atoms with Gasteiger partial charge in [-0.2, -0.15) is 0 Å². The Morgan fingerprint density at radius 3 is 2.75 bits per heavy atom. The van der Waals surface area contributed by atoms with E-state index < -0.39 is 0 Å². The van der Waals surface area contributed by atoms with Crippen LogP contribution in [0.5, 0.6) is 0 Å². The van der Waals surface area contributed by atoms with Gasteiger partial charge in [-0.15, -0.1) is 0 Å². The summed E-state index contributed by atoms with van der Waals surface area (Å²) in [5.74, 6) is -0.254. The van der Waals surface area contributed by atoms with E-state index in [2.05, 4.69) is 20.5 Å². The SMILES string of the molecule is O=C(NCCc1ccncc1)[C@H]1CN(c2ccc(F)cc2)CCN1. The maximum Gasteiger partial charge on any atom is 0.238 e. The summed E-state index contributed by atoms with van der Waals surface area (Å²) >= 11 is 0. The minimum absolute atomic E-state index is 0.00383. The Morgan fingerprint density at radius 2 is 2.00 bits per heavy atom. The average Bonchev–Trinajstić information content (AvgIpc) is 2.63. The first kappa shape index (κ1) is 16.4. The molecule has 24 heavy (non-hydrogen) atoms. The smallest absolute Gasteiger partial charge is 0.238 e. The summed E-state index contributed by atoms with van der Waals surface area (Å²) in [5, 5.41) is 6.21. The lowest BCUT2D eigenvalue weighted by molar-refractivity contribution is -0.123. The number of pyridine rings is 1. The molecular formula is C18H21FN4O. The number of hydrogen-bond donors (Lipinski definition) is 2. The molecule has 3 rings (SSSR count). The number of rotatable bonds is 5. The third-order valence-corrected chi connectivity index (χ3v) is 4.15. The van der Waals surface area contributed by atoms with Crippen LogP contribution < -0.4 is 15.5 Å². The van der Waals surface area contributed by atoms with Crippen LogP contribution in [-0.2, 0) is 11.2 Å². The molecule has 1 aliphatic heterocycles. The highest BCUT2D eigenvalue weighted by atomic mass is 19.1. The standard InChI is InChI=1S/C18H21FN4O/c19-15-1-3-16(4-2-15)23-12-11-21-17(13-23)18(24)22-10-7-14-5-8-20-9-6-14/h1-6,8-9,17,21H,7,10-13H2,(H,22,24)/t17-/m1/s1. The maximum atomic E-state index is 13.0. The molecule has 0 spiro atoms. The quantitative estimate of drug-likeness (QED) is 0.870. The highest BCUT2D eigenvalue weighted by Gasteiger charge is 2.25. The van der Waals surface area contributed by atoms with Gasteiger partial charge in [0.1, 0.15) is 11.9 Å². The van der Waals surface area contributed by atoms with Crippen molar-refractivity contribution in [3.8, 4) is 0 Å². The van der Waals surface area contributed by atoms with E-state index in [1.165, 1.54) is 12.1 Å². The van der Waals surface area contributed by atoms with Crippen LogP contribution in [0.2, 0.25) is 0 Å². The molecule has 0 saturated carbocycles. The number of hydrogen-bond acceptors (Lipinski definition) is 4. The fourth-order valence-electron chi connectivity index (χ4n) is 2.81. The van der Waals surface area contributed by atoms with Gasteiger partial charge in [-0.3, -0.25) is 9.78 Å². The molecule has 0 radical (unpaired) electrons. The van der Waals surface area contributed by atoms with Crippen molar-refractivity contribution in [3.05, 3.63) is 60.2 Å². The first-order valence-electron chi connectivity index (χ1n) is 8.13. The molecule has 1 fully saturated rings. The predicted molar refractivity (Wildman–Crippen MR) is 91.4 cm³/mol. The first-order valence-corrected chi connectivity index (χ1v) is 8.13. The van der Waals surface area contributed by atoms with Gasteiger partial charge < -0.3 is 15.5 Å². The Balaban J connectivity index is 1.50. The lowest BCUT2D eigenvalue weighted by Crippen LogP contribution is -2.57. The molecule has 1 saturated heterocycles. The molecule has 2 aromatic rings. The van der Waals surface area contributed by atoms with Crippen LogP contribution in [0.4, 0.5) is 10.1 Å².